The first kappa shape index (κ1) is 9.18. The monoisotopic (exact) mass is 193 g/mol. The number of amides is 1. The van der Waals surface area contributed by atoms with Crippen LogP contribution in [0.1, 0.15) is 11.1 Å². The molecule has 1 atom stereocenters. The van der Waals surface area contributed by atoms with Gasteiger partial charge in [-0.15, -0.1) is 0 Å². The van der Waals surface area contributed by atoms with Crippen LogP contribution in [0.25, 0.3) is 0 Å². The molecule has 0 saturated heterocycles. The minimum absolute atomic E-state index is 0.0701. The molecule has 1 aromatic rings. The molecule has 14 heavy (non-hydrogen) atoms. The molecule has 0 radical (unpaired) electrons. The zero-order chi connectivity index (χ0) is 10.2. The number of ether oxygens (including phenoxy) is 1. The van der Waals surface area contributed by atoms with E-state index in [1.54, 1.807) is 12.1 Å². The highest BCUT2D eigenvalue weighted by Gasteiger charge is 2.40. The van der Waals surface area contributed by atoms with Crippen LogP contribution < -0.4 is 5.73 Å². The molecule has 0 bridgehead atoms. The van der Waals surface area contributed by atoms with E-state index >= 15 is 0 Å². The second-order valence-electron chi connectivity index (χ2n) is 3.37. The zero-order valence-electron chi connectivity index (χ0n) is 7.56. The van der Waals surface area contributed by atoms with E-state index in [1.165, 1.54) is 0 Å². The van der Waals surface area contributed by atoms with Crippen molar-refractivity contribution in [1.82, 2.24) is 0 Å². The lowest BCUT2D eigenvalue weighted by Gasteiger charge is -2.31. The van der Waals surface area contributed by atoms with E-state index in [2.05, 4.69) is 0 Å². The minimum atomic E-state index is -1.67. The predicted molar refractivity (Wildman–Crippen MR) is 49.2 cm³/mol. The number of carbonyl (C=O) groups excluding carboxylic acids is 1. The molecule has 1 aliphatic heterocycles. The fourth-order valence-electron chi connectivity index (χ4n) is 1.64. The van der Waals surface area contributed by atoms with Crippen LogP contribution in [0.3, 0.4) is 0 Å². The Morgan fingerprint density at radius 3 is 2.93 bits per heavy atom. The van der Waals surface area contributed by atoms with Crippen molar-refractivity contribution in [2.75, 3.05) is 6.61 Å². The number of hydrogen-bond donors (Lipinski definition) is 2. The third-order valence-corrected chi connectivity index (χ3v) is 2.44. The van der Waals surface area contributed by atoms with Gasteiger partial charge in [-0.2, -0.15) is 0 Å². The zero-order valence-corrected chi connectivity index (χ0v) is 7.56. The van der Waals surface area contributed by atoms with E-state index < -0.39 is 11.5 Å². The Labute approximate surface area is 81.3 Å². The average Bonchev–Trinajstić information content (AvgIpc) is 2.18. The number of rotatable bonds is 1. The number of nitrogens with two attached hydrogens (primary N) is 1. The highest BCUT2D eigenvalue weighted by molar-refractivity contribution is 5.85. The Hall–Kier alpha value is -1.39. The minimum Gasteiger partial charge on any atom is -0.374 e. The lowest BCUT2D eigenvalue weighted by molar-refractivity contribution is -0.148. The SMILES string of the molecule is NC(=O)C1(O)COCc2ccccc21. The second-order valence-corrected chi connectivity index (χ2v) is 3.37. The van der Waals surface area contributed by atoms with Gasteiger partial charge in [0, 0.05) is 5.56 Å². The highest BCUT2D eigenvalue weighted by atomic mass is 16.5. The summed E-state index contributed by atoms with van der Waals surface area (Å²) in [5.41, 5.74) is 4.84. The van der Waals surface area contributed by atoms with E-state index in [9.17, 15) is 9.90 Å². The molecule has 1 aliphatic rings. The molecule has 0 aliphatic carbocycles. The first-order valence-corrected chi connectivity index (χ1v) is 4.33. The summed E-state index contributed by atoms with van der Waals surface area (Å²) in [7, 11) is 0. The van der Waals surface area contributed by atoms with Gasteiger partial charge in [-0.3, -0.25) is 4.79 Å². The summed E-state index contributed by atoms with van der Waals surface area (Å²) >= 11 is 0. The smallest absolute Gasteiger partial charge is 0.256 e. The number of fused-ring (bicyclic) bond motifs is 1. The van der Waals surface area contributed by atoms with Crippen LogP contribution in [0.5, 0.6) is 0 Å². The molecule has 0 spiro atoms. The van der Waals surface area contributed by atoms with Crippen LogP contribution in [0.15, 0.2) is 24.3 Å². The van der Waals surface area contributed by atoms with Gasteiger partial charge in [0.2, 0.25) is 0 Å². The van der Waals surface area contributed by atoms with Crippen molar-refractivity contribution >= 4 is 5.91 Å². The van der Waals surface area contributed by atoms with Crippen LogP contribution >= 0.6 is 0 Å². The topological polar surface area (TPSA) is 72.6 Å². The van der Waals surface area contributed by atoms with Gasteiger partial charge < -0.3 is 15.6 Å². The van der Waals surface area contributed by atoms with Crippen LogP contribution in [0.2, 0.25) is 0 Å². The van der Waals surface area contributed by atoms with Gasteiger partial charge in [0.05, 0.1) is 13.2 Å². The van der Waals surface area contributed by atoms with Gasteiger partial charge in [-0.25, -0.2) is 0 Å². The van der Waals surface area contributed by atoms with Crippen molar-refractivity contribution in [2.24, 2.45) is 5.73 Å². The Balaban J connectivity index is 2.55. The van der Waals surface area contributed by atoms with Crippen molar-refractivity contribution in [1.29, 1.82) is 0 Å². The van der Waals surface area contributed by atoms with E-state index in [0.29, 0.717) is 12.2 Å². The van der Waals surface area contributed by atoms with Crippen LogP contribution in [0, 0.1) is 0 Å². The van der Waals surface area contributed by atoms with Gasteiger partial charge in [-0.1, -0.05) is 24.3 Å². The molecule has 0 saturated carbocycles. The number of primary amides is 1. The van der Waals surface area contributed by atoms with Crippen molar-refractivity contribution < 1.29 is 14.6 Å². The molecule has 1 amide bonds. The fourth-order valence-corrected chi connectivity index (χ4v) is 1.64. The summed E-state index contributed by atoms with van der Waals surface area (Å²) in [6.45, 7) is 0.338. The van der Waals surface area contributed by atoms with Crippen molar-refractivity contribution in [3.8, 4) is 0 Å². The molecule has 2 rings (SSSR count). The van der Waals surface area contributed by atoms with Gasteiger partial charge in [0.25, 0.3) is 5.91 Å². The molecule has 1 unspecified atom stereocenters. The van der Waals surface area contributed by atoms with Crippen molar-refractivity contribution in [3.05, 3.63) is 35.4 Å². The third-order valence-electron chi connectivity index (χ3n) is 2.44. The molecule has 3 N–H and O–H groups in total. The molecule has 1 heterocycles. The Bertz CT molecular complexity index is 377. The van der Waals surface area contributed by atoms with Crippen LogP contribution in [-0.2, 0) is 21.7 Å². The largest absolute Gasteiger partial charge is 0.374 e. The molecular weight excluding hydrogens is 182 g/mol. The first-order valence-electron chi connectivity index (χ1n) is 4.33. The van der Waals surface area contributed by atoms with Gasteiger partial charge in [-0.05, 0) is 5.56 Å². The number of hydrogen-bond acceptors (Lipinski definition) is 3. The van der Waals surface area contributed by atoms with E-state index in [0.717, 1.165) is 5.56 Å². The summed E-state index contributed by atoms with van der Waals surface area (Å²) in [4.78, 5) is 11.1. The van der Waals surface area contributed by atoms with E-state index in [1.807, 2.05) is 12.1 Å². The molecule has 74 valence electrons. The molecule has 0 aromatic heterocycles. The van der Waals surface area contributed by atoms with Crippen molar-refractivity contribution in [2.45, 2.75) is 12.2 Å². The summed E-state index contributed by atoms with van der Waals surface area (Å²) < 4.78 is 5.12. The van der Waals surface area contributed by atoms with Crippen molar-refractivity contribution in [3.63, 3.8) is 0 Å². The number of benzene rings is 1. The maximum Gasteiger partial charge on any atom is 0.256 e. The molecule has 0 fully saturated rings. The summed E-state index contributed by atoms with van der Waals surface area (Å²) in [5.74, 6) is -0.773. The first-order chi connectivity index (χ1) is 6.64. The molecule has 4 nitrogen and oxygen atoms in total. The fraction of sp³-hybridized carbons (Fsp3) is 0.300. The van der Waals surface area contributed by atoms with Gasteiger partial charge in [0.1, 0.15) is 0 Å². The lowest BCUT2D eigenvalue weighted by atomic mass is 9.88. The Morgan fingerprint density at radius 2 is 2.21 bits per heavy atom. The number of carbonyl (C=O) groups is 1. The highest BCUT2D eigenvalue weighted by Crippen LogP contribution is 2.29. The van der Waals surface area contributed by atoms with Gasteiger partial charge >= 0.3 is 0 Å². The maximum atomic E-state index is 11.1. The molecular formula is C10H11NO3. The lowest BCUT2D eigenvalue weighted by Crippen LogP contribution is -2.47. The quantitative estimate of drug-likeness (QED) is 0.653. The standard InChI is InChI=1S/C10H11NO3/c11-9(12)10(13)6-14-5-7-3-1-2-4-8(7)10/h1-4,13H,5-6H2,(H2,11,12). The Morgan fingerprint density at radius 1 is 1.50 bits per heavy atom. The Kier molecular flexibility index (Phi) is 2.02. The van der Waals surface area contributed by atoms with E-state index in [-0.39, 0.29) is 6.61 Å². The van der Waals surface area contributed by atoms with Crippen LogP contribution in [-0.4, -0.2) is 17.6 Å². The summed E-state index contributed by atoms with van der Waals surface area (Å²) in [6.07, 6.45) is 0. The number of aliphatic hydroxyl groups is 1. The van der Waals surface area contributed by atoms with E-state index in [4.69, 9.17) is 10.5 Å². The average molecular weight is 193 g/mol. The summed E-state index contributed by atoms with van der Waals surface area (Å²) in [6, 6.07) is 7.10. The normalized spacial score (nSPS) is 25.5. The predicted octanol–water partition coefficient (Wildman–Crippen LogP) is -0.110. The van der Waals surface area contributed by atoms with Gasteiger partial charge in [0.15, 0.2) is 5.60 Å². The van der Waals surface area contributed by atoms with Crippen LogP contribution in [0.4, 0.5) is 0 Å². The third kappa shape index (κ3) is 1.20. The second kappa shape index (κ2) is 3.08. The maximum absolute atomic E-state index is 11.1. The molecule has 4 heteroatoms. The summed E-state index contributed by atoms with van der Waals surface area (Å²) in [5, 5.41) is 10.0. The molecule has 1 aromatic carbocycles.